The third kappa shape index (κ3) is 2.15. The number of hydrogen-bond acceptors (Lipinski definition) is 2. The fourth-order valence-electron chi connectivity index (χ4n) is 1.86. The topological polar surface area (TPSA) is 32.3 Å². The van der Waals surface area contributed by atoms with Crippen LogP contribution in [0.3, 0.4) is 0 Å². The lowest BCUT2D eigenvalue weighted by molar-refractivity contribution is -0.118. The van der Waals surface area contributed by atoms with Crippen LogP contribution >= 0.6 is 23.8 Å². The van der Waals surface area contributed by atoms with Gasteiger partial charge in [-0.1, -0.05) is 24.6 Å². The zero-order valence-corrected chi connectivity index (χ0v) is 11.2. The standard InChI is InChI=1S/C12H13ClN2OS/c1-3-9-11(16)15(12(17)14-9)10-6-8(13)5-4-7(10)2/h4-6,9H,3H2,1-2H3,(H,14,17). The second-order valence-corrected chi connectivity index (χ2v) is 4.84. The number of benzene rings is 1. The van der Waals surface area contributed by atoms with Gasteiger partial charge in [-0.3, -0.25) is 9.69 Å². The molecule has 1 saturated heterocycles. The molecule has 0 aliphatic carbocycles. The molecule has 1 heterocycles. The molecule has 1 aromatic carbocycles. The molecule has 0 aromatic heterocycles. The minimum atomic E-state index is -0.221. The predicted molar refractivity (Wildman–Crippen MR) is 73.5 cm³/mol. The number of aryl methyl sites for hydroxylation is 1. The summed E-state index contributed by atoms with van der Waals surface area (Å²) in [4.78, 5) is 13.7. The highest BCUT2D eigenvalue weighted by Gasteiger charge is 2.35. The Morgan fingerprint density at radius 1 is 1.53 bits per heavy atom. The van der Waals surface area contributed by atoms with Crippen molar-refractivity contribution >= 4 is 40.5 Å². The van der Waals surface area contributed by atoms with Gasteiger partial charge in [0.15, 0.2) is 5.11 Å². The van der Waals surface area contributed by atoms with E-state index < -0.39 is 0 Å². The van der Waals surface area contributed by atoms with E-state index in [1.165, 1.54) is 4.90 Å². The Kier molecular flexibility index (Phi) is 3.35. The number of carbonyl (C=O) groups excluding carboxylic acids is 1. The Hall–Kier alpha value is -1.13. The zero-order chi connectivity index (χ0) is 12.6. The average molecular weight is 269 g/mol. The molecule has 0 bridgehead atoms. The van der Waals surface area contributed by atoms with E-state index in [9.17, 15) is 4.79 Å². The molecule has 3 nitrogen and oxygen atoms in total. The van der Waals surface area contributed by atoms with Crippen molar-refractivity contribution in [3.8, 4) is 0 Å². The van der Waals surface area contributed by atoms with Crippen LogP contribution in [0.5, 0.6) is 0 Å². The van der Waals surface area contributed by atoms with Crippen LogP contribution in [0.2, 0.25) is 5.02 Å². The maximum atomic E-state index is 12.1. The molecule has 2 rings (SSSR count). The quantitative estimate of drug-likeness (QED) is 0.837. The van der Waals surface area contributed by atoms with E-state index in [0.717, 1.165) is 17.7 Å². The summed E-state index contributed by atoms with van der Waals surface area (Å²) in [5.41, 5.74) is 1.74. The molecule has 90 valence electrons. The van der Waals surface area contributed by atoms with Gasteiger partial charge in [0.2, 0.25) is 0 Å². The third-order valence-corrected chi connectivity index (χ3v) is 3.38. The molecule has 0 saturated carbocycles. The summed E-state index contributed by atoms with van der Waals surface area (Å²) in [6, 6.07) is 5.23. The van der Waals surface area contributed by atoms with E-state index in [1.54, 1.807) is 12.1 Å². The number of hydrogen-bond donors (Lipinski definition) is 1. The Labute approximate surface area is 111 Å². The fraction of sp³-hybridized carbons (Fsp3) is 0.333. The number of halogens is 1. The van der Waals surface area contributed by atoms with Crippen molar-refractivity contribution in [3.63, 3.8) is 0 Å². The highest BCUT2D eigenvalue weighted by molar-refractivity contribution is 7.80. The number of thiocarbonyl (C=S) groups is 1. The second kappa shape index (κ2) is 4.63. The van der Waals surface area contributed by atoms with E-state index >= 15 is 0 Å². The van der Waals surface area contributed by atoms with E-state index in [-0.39, 0.29) is 11.9 Å². The third-order valence-electron chi connectivity index (χ3n) is 2.84. The van der Waals surface area contributed by atoms with Crippen LogP contribution in [-0.2, 0) is 4.79 Å². The molecule has 17 heavy (non-hydrogen) atoms. The monoisotopic (exact) mass is 268 g/mol. The molecule has 1 N–H and O–H groups in total. The van der Waals surface area contributed by atoms with Gasteiger partial charge in [0.05, 0.1) is 5.69 Å². The largest absolute Gasteiger partial charge is 0.350 e. The first-order valence-corrected chi connectivity index (χ1v) is 6.24. The van der Waals surface area contributed by atoms with Gasteiger partial charge in [0.1, 0.15) is 6.04 Å². The number of nitrogens with one attached hydrogen (secondary N) is 1. The number of amides is 1. The Balaban J connectivity index is 2.43. The van der Waals surface area contributed by atoms with Gasteiger partial charge in [0.25, 0.3) is 5.91 Å². The molecule has 1 aromatic rings. The molecule has 5 heteroatoms. The average Bonchev–Trinajstić information content (AvgIpc) is 2.58. The lowest BCUT2D eigenvalue weighted by Crippen LogP contribution is -2.31. The fourth-order valence-corrected chi connectivity index (χ4v) is 2.36. The van der Waals surface area contributed by atoms with Crippen molar-refractivity contribution in [2.75, 3.05) is 4.90 Å². The minimum absolute atomic E-state index is 0.0112. The summed E-state index contributed by atoms with van der Waals surface area (Å²) in [6.45, 7) is 3.88. The molecular weight excluding hydrogens is 256 g/mol. The summed E-state index contributed by atoms with van der Waals surface area (Å²) in [7, 11) is 0. The molecule has 1 aliphatic heterocycles. The summed E-state index contributed by atoms with van der Waals surface area (Å²) >= 11 is 11.2. The Morgan fingerprint density at radius 3 is 2.82 bits per heavy atom. The molecule has 1 unspecified atom stereocenters. The zero-order valence-electron chi connectivity index (χ0n) is 9.66. The number of rotatable bonds is 2. The van der Waals surface area contributed by atoms with Crippen LogP contribution in [0.1, 0.15) is 18.9 Å². The van der Waals surface area contributed by atoms with Crippen LogP contribution in [0, 0.1) is 6.92 Å². The maximum Gasteiger partial charge on any atom is 0.255 e. The minimum Gasteiger partial charge on any atom is -0.350 e. The molecule has 0 radical (unpaired) electrons. The smallest absolute Gasteiger partial charge is 0.255 e. The Bertz CT molecular complexity index is 489. The van der Waals surface area contributed by atoms with Gasteiger partial charge in [-0.05, 0) is 43.3 Å². The van der Waals surface area contributed by atoms with Gasteiger partial charge in [-0.25, -0.2) is 0 Å². The van der Waals surface area contributed by atoms with Gasteiger partial charge >= 0.3 is 0 Å². The highest BCUT2D eigenvalue weighted by atomic mass is 35.5. The van der Waals surface area contributed by atoms with E-state index in [1.807, 2.05) is 19.9 Å². The first-order chi connectivity index (χ1) is 8.04. The first kappa shape index (κ1) is 12.3. The lowest BCUT2D eigenvalue weighted by atomic mass is 10.1. The molecule has 0 spiro atoms. The maximum absolute atomic E-state index is 12.1. The van der Waals surface area contributed by atoms with E-state index in [2.05, 4.69) is 5.32 Å². The van der Waals surface area contributed by atoms with Crippen LogP contribution < -0.4 is 10.2 Å². The van der Waals surface area contributed by atoms with Crippen molar-refractivity contribution < 1.29 is 4.79 Å². The number of carbonyl (C=O) groups is 1. The summed E-state index contributed by atoms with van der Waals surface area (Å²) in [6.07, 6.45) is 0.717. The SMILES string of the molecule is CCC1NC(=S)N(c2cc(Cl)ccc2C)C1=O. The van der Waals surface area contributed by atoms with Crippen LogP contribution in [0.25, 0.3) is 0 Å². The van der Waals surface area contributed by atoms with E-state index in [0.29, 0.717) is 10.1 Å². The first-order valence-electron chi connectivity index (χ1n) is 5.45. The number of nitrogens with zero attached hydrogens (tertiary/aromatic N) is 1. The van der Waals surface area contributed by atoms with Crippen LogP contribution in [0.4, 0.5) is 5.69 Å². The molecule has 1 atom stereocenters. The molecule has 1 aliphatic rings. The van der Waals surface area contributed by atoms with Gasteiger partial charge in [-0.15, -0.1) is 0 Å². The van der Waals surface area contributed by atoms with Gasteiger partial charge < -0.3 is 5.32 Å². The van der Waals surface area contributed by atoms with Crippen molar-refractivity contribution in [2.45, 2.75) is 26.3 Å². The predicted octanol–water partition coefficient (Wildman–Crippen LogP) is 2.65. The number of anilines is 1. The van der Waals surface area contributed by atoms with Crippen molar-refractivity contribution in [1.82, 2.24) is 5.32 Å². The van der Waals surface area contributed by atoms with Crippen molar-refractivity contribution in [2.24, 2.45) is 0 Å². The summed E-state index contributed by atoms with van der Waals surface area (Å²) < 4.78 is 0. The molecule has 1 amide bonds. The summed E-state index contributed by atoms with van der Waals surface area (Å²) in [5.74, 6) is -0.0112. The molecular formula is C12H13ClN2OS. The van der Waals surface area contributed by atoms with Crippen molar-refractivity contribution in [3.05, 3.63) is 28.8 Å². The lowest BCUT2D eigenvalue weighted by Gasteiger charge is -2.17. The second-order valence-electron chi connectivity index (χ2n) is 4.01. The van der Waals surface area contributed by atoms with Gasteiger partial charge in [-0.2, -0.15) is 0 Å². The summed E-state index contributed by atoms with van der Waals surface area (Å²) in [5, 5.41) is 4.06. The normalized spacial score (nSPS) is 19.7. The van der Waals surface area contributed by atoms with Gasteiger partial charge in [0, 0.05) is 5.02 Å². The molecule has 1 fully saturated rings. The van der Waals surface area contributed by atoms with Crippen LogP contribution in [-0.4, -0.2) is 17.1 Å². The Morgan fingerprint density at radius 2 is 2.24 bits per heavy atom. The van der Waals surface area contributed by atoms with Crippen molar-refractivity contribution in [1.29, 1.82) is 0 Å². The highest BCUT2D eigenvalue weighted by Crippen LogP contribution is 2.27. The van der Waals surface area contributed by atoms with Crippen LogP contribution in [0.15, 0.2) is 18.2 Å². The van der Waals surface area contributed by atoms with E-state index in [4.69, 9.17) is 23.8 Å².